The molecule has 0 aliphatic rings. The van der Waals surface area contributed by atoms with Crippen molar-refractivity contribution >= 4 is 12.4 Å². The Labute approximate surface area is 71.0 Å². The third-order valence-electron chi connectivity index (χ3n) is 1.38. The molecule has 0 fully saturated rings. The highest BCUT2D eigenvalue weighted by Crippen LogP contribution is 2.03. The van der Waals surface area contributed by atoms with E-state index in [-0.39, 0.29) is 12.4 Å². The summed E-state index contributed by atoms with van der Waals surface area (Å²) in [5, 5.41) is 0. The predicted molar refractivity (Wildman–Crippen MR) is 44.1 cm³/mol. The number of aryl methyl sites for hydroxylation is 1. The maximum absolute atomic E-state index is 12.3. The van der Waals surface area contributed by atoms with Crippen molar-refractivity contribution in [2.45, 2.75) is 13.5 Å². The van der Waals surface area contributed by atoms with E-state index in [9.17, 15) is 4.39 Å². The second-order valence-corrected chi connectivity index (χ2v) is 2.08. The summed E-state index contributed by atoms with van der Waals surface area (Å²) in [5.74, 6) is -0.449. The quantitative estimate of drug-likeness (QED) is 0.658. The minimum absolute atomic E-state index is 0. The van der Waals surface area contributed by atoms with Gasteiger partial charge >= 0.3 is 0 Å². The summed E-state index contributed by atoms with van der Waals surface area (Å²) in [6, 6.07) is 2.97. The number of hydrogen-bond acceptors (Lipinski definition) is 2. The average molecular weight is 177 g/mol. The molecule has 0 aliphatic carbocycles. The lowest BCUT2D eigenvalue weighted by atomic mass is 10.2. The van der Waals surface area contributed by atoms with Gasteiger partial charge in [0.1, 0.15) is 0 Å². The van der Waals surface area contributed by atoms with Crippen LogP contribution in [0, 0.1) is 12.9 Å². The van der Waals surface area contributed by atoms with Crippen molar-refractivity contribution in [3.8, 4) is 0 Å². The van der Waals surface area contributed by atoms with Crippen LogP contribution in [0.25, 0.3) is 0 Å². The van der Waals surface area contributed by atoms with E-state index >= 15 is 0 Å². The Balaban J connectivity index is 0.000001000. The van der Waals surface area contributed by atoms with E-state index in [1.165, 1.54) is 6.07 Å². The molecule has 62 valence electrons. The van der Waals surface area contributed by atoms with Gasteiger partial charge in [-0.25, -0.2) is 4.98 Å². The second kappa shape index (κ2) is 4.26. The zero-order valence-electron chi connectivity index (χ0n) is 6.17. The molecule has 0 bridgehead atoms. The van der Waals surface area contributed by atoms with Gasteiger partial charge in [0.15, 0.2) is 0 Å². The molecule has 1 aromatic rings. The number of aromatic nitrogens is 1. The van der Waals surface area contributed by atoms with Crippen molar-refractivity contribution in [3.63, 3.8) is 0 Å². The lowest BCUT2D eigenvalue weighted by Gasteiger charge is -1.99. The SMILES string of the molecule is Cc1nc(F)ccc1CN.Cl. The Morgan fingerprint density at radius 2 is 2.18 bits per heavy atom. The standard InChI is InChI=1S/C7H9FN2.ClH/c1-5-6(4-9)2-3-7(8)10-5;/h2-3H,4,9H2,1H3;1H. The average Bonchev–Trinajstić information content (AvgIpc) is 1.88. The second-order valence-electron chi connectivity index (χ2n) is 2.08. The smallest absolute Gasteiger partial charge is 0.213 e. The van der Waals surface area contributed by atoms with E-state index in [1.54, 1.807) is 13.0 Å². The molecule has 1 aromatic heterocycles. The van der Waals surface area contributed by atoms with Crippen molar-refractivity contribution in [1.82, 2.24) is 4.98 Å². The van der Waals surface area contributed by atoms with Crippen LogP contribution in [-0.2, 0) is 6.54 Å². The molecule has 0 radical (unpaired) electrons. The molecule has 2 N–H and O–H groups in total. The molecule has 0 saturated heterocycles. The minimum atomic E-state index is -0.449. The van der Waals surface area contributed by atoms with E-state index in [1.807, 2.05) is 0 Å². The van der Waals surface area contributed by atoms with Crippen molar-refractivity contribution in [2.24, 2.45) is 5.73 Å². The molecule has 0 aliphatic heterocycles. The third-order valence-corrected chi connectivity index (χ3v) is 1.38. The maximum atomic E-state index is 12.3. The Morgan fingerprint density at radius 1 is 1.55 bits per heavy atom. The van der Waals surface area contributed by atoms with Gasteiger partial charge in [-0.1, -0.05) is 6.07 Å². The molecule has 0 amide bonds. The summed E-state index contributed by atoms with van der Waals surface area (Å²) < 4.78 is 12.3. The van der Waals surface area contributed by atoms with Gasteiger partial charge in [-0.15, -0.1) is 12.4 Å². The lowest BCUT2D eigenvalue weighted by Crippen LogP contribution is -2.01. The molecule has 1 rings (SSSR count). The van der Waals surface area contributed by atoms with Crippen LogP contribution in [-0.4, -0.2) is 4.98 Å². The van der Waals surface area contributed by atoms with Crippen molar-refractivity contribution < 1.29 is 4.39 Å². The van der Waals surface area contributed by atoms with Crippen LogP contribution < -0.4 is 5.73 Å². The lowest BCUT2D eigenvalue weighted by molar-refractivity contribution is 0.578. The monoisotopic (exact) mass is 176 g/mol. The molecule has 11 heavy (non-hydrogen) atoms. The highest BCUT2D eigenvalue weighted by molar-refractivity contribution is 5.85. The Hall–Kier alpha value is -0.670. The van der Waals surface area contributed by atoms with E-state index in [2.05, 4.69) is 4.98 Å². The molecule has 0 spiro atoms. The van der Waals surface area contributed by atoms with Gasteiger partial charge in [-0.3, -0.25) is 0 Å². The van der Waals surface area contributed by atoms with Gasteiger partial charge < -0.3 is 5.73 Å². The fourth-order valence-electron chi connectivity index (χ4n) is 0.775. The summed E-state index contributed by atoms with van der Waals surface area (Å²) in [6.45, 7) is 2.16. The zero-order chi connectivity index (χ0) is 7.56. The first kappa shape index (κ1) is 10.3. The first-order chi connectivity index (χ1) is 4.74. The molecule has 1 heterocycles. The van der Waals surface area contributed by atoms with Crippen molar-refractivity contribution in [3.05, 3.63) is 29.3 Å². The Morgan fingerprint density at radius 3 is 2.64 bits per heavy atom. The molecule has 0 atom stereocenters. The summed E-state index contributed by atoms with van der Waals surface area (Å²) in [5.41, 5.74) is 6.90. The number of nitrogens with two attached hydrogens (primary N) is 1. The normalized spacial score (nSPS) is 9.00. The first-order valence-corrected chi connectivity index (χ1v) is 3.06. The number of rotatable bonds is 1. The van der Waals surface area contributed by atoms with Crippen LogP contribution in [0.4, 0.5) is 4.39 Å². The summed E-state index contributed by atoms with van der Waals surface area (Å²) in [6.07, 6.45) is 0. The van der Waals surface area contributed by atoms with Gasteiger partial charge in [0.25, 0.3) is 0 Å². The van der Waals surface area contributed by atoms with Crippen molar-refractivity contribution in [2.75, 3.05) is 0 Å². The predicted octanol–water partition coefficient (Wildman–Crippen LogP) is 1.41. The van der Waals surface area contributed by atoms with Crippen LogP contribution in [0.3, 0.4) is 0 Å². The molecular formula is C7H10ClFN2. The molecule has 0 aromatic carbocycles. The number of nitrogens with zero attached hydrogens (tertiary/aromatic N) is 1. The van der Waals surface area contributed by atoms with Gasteiger partial charge in [0.2, 0.25) is 5.95 Å². The highest BCUT2D eigenvalue weighted by Gasteiger charge is 1.97. The number of pyridine rings is 1. The van der Waals surface area contributed by atoms with E-state index < -0.39 is 5.95 Å². The van der Waals surface area contributed by atoms with Gasteiger partial charge in [-0.2, -0.15) is 4.39 Å². The topological polar surface area (TPSA) is 38.9 Å². The number of halogens is 2. The largest absolute Gasteiger partial charge is 0.326 e. The van der Waals surface area contributed by atoms with Crippen LogP contribution in [0.2, 0.25) is 0 Å². The molecule has 2 nitrogen and oxygen atoms in total. The van der Waals surface area contributed by atoms with Gasteiger partial charge in [0.05, 0.1) is 0 Å². The van der Waals surface area contributed by atoms with E-state index in [4.69, 9.17) is 5.73 Å². The van der Waals surface area contributed by atoms with Gasteiger partial charge in [-0.05, 0) is 18.6 Å². The summed E-state index contributed by atoms with van der Waals surface area (Å²) in [7, 11) is 0. The van der Waals surface area contributed by atoms with E-state index in [0.29, 0.717) is 12.2 Å². The number of hydrogen-bond donors (Lipinski definition) is 1. The fourth-order valence-corrected chi connectivity index (χ4v) is 0.775. The fraction of sp³-hybridized carbons (Fsp3) is 0.286. The highest BCUT2D eigenvalue weighted by atomic mass is 35.5. The first-order valence-electron chi connectivity index (χ1n) is 3.06. The summed E-state index contributed by atoms with van der Waals surface area (Å²) >= 11 is 0. The van der Waals surface area contributed by atoms with Crippen LogP contribution in [0.5, 0.6) is 0 Å². The molecule has 4 heteroatoms. The maximum Gasteiger partial charge on any atom is 0.213 e. The zero-order valence-corrected chi connectivity index (χ0v) is 6.99. The molecule has 0 unspecified atom stereocenters. The van der Waals surface area contributed by atoms with Crippen molar-refractivity contribution in [1.29, 1.82) is 0 Å². The minimum Gasteiger partial charge on any atom is -0.326 e. The summed E-state index contributed by atoms with van der Waals surface area (Å²) in [4.78, 5) is 3.60. The third kappa shape index (κ3) is 2.44. The van der Waals surface area contributed by atoms with Crippen LogP contribution in [0.15, 0.2) is 12.1 Å². The van der Waals surface area contributed by atoms with Crippen LogP contribution in [0.1, 0.15) is 11.3 Å². The molecule has 0 saturated carbocycles. The van der Waals surface area contributed by atoms with Gasteiger partial charge in [0, 0.05) is 12.2 Å². The van der Waals surface area contributed by atoms with Crippen LogP contribution >= 0.6 is 12.4 Å². The molecular weight excluding hydrogens is 167 g/mol. The van der Waals surface area contributed by atoms with E-state index in [0.717, 1.165) is 5.56 Å². The Kier molecular flexibility index (Phi) is 4.00. The Bertz CT molecular complexity index is 240.